The zero-order valence-electron chi connectivity index (χ0n) is 10.5. The van der Waals surface area contributed by atoms with Crippen LogP contribution in [0.3, 0.4) is 0 Å². The summed E-state index contributed by atoms with van der Waals surface area (Å²) in [4.78, 5) is 12.3. The summed E-state index contributed by atoms with van der Waals surface area (Å²) in [5, 5.41) is 2.72. The number of carbonyl (C=O) groups excluding carboxylic acids is 1. The third-order valence-electron chi connectivity index (χ3n) is 2.57. The third kappa shape index (κ3) is 4.43. The predicted octanol–water partition coefficient (Wildman–Crippen LogP) is 2.88. The Morgan fingerprint density at radius 2 is 1.74 bits per heavy atom. The van der Waals surface area contributed by atoms with E-state index in [0.29, 0.717) is 0 Å². The van der Waals surface area contributed by atoms with E-state index in [-0.39, 0.29) is 12.5 Å². The Morgan fingerprint density at radius 3 is 2.37 bits per heavy atom. The zero-order chi connectivity index (χ0) is 13.5. The van der Waals surface area contributed by atoms with Gasteiger partial charge in [0, 0.05) is 16.3 Å². The van der Waals surface area contributed by atoms with Crippen LogP contribution in [-0.4, -0.2) is 12.5 Å². The van der Waals surface area contributed by atoms with E-state index in [1.807, 2.05) is 42.5 Å². The molecule has 2 rings (SSSR count). The topological polar surface area (TPSA) is 55.1 Å². The molecule has 98 valence electrons. The van der Waals surface area contributed by atoms with Crippen LogP contribution in [0.15, 0.2) is 59.5 Å². The van der Waals surface area contributed by atoms with E-state index in [0.717, 1.165) is 11.4 Å². The summed E-state index contributed by atoms with van der Waals surface area (Å²) in [7, 11) is 0. The van der Waals surface area contributed by atoms with Gasteiger partial charge in [-0.3, -0.25) is 4.79 Å². The molecule has 0 spiro atoms. The molecule has 2 aromatic rings. The summed E-state index contributed by atoms with van der Waals surface area (Å²) < 4.78 is 0. The van der Waals surface area contributed by atoms with Crippen molar-refractivity contribution in [3.8, 4) is 0 Å². The molecule has 0 aromatic heterocycles. The molecule has 2 aromatic carbocycles. The summed E-state index contributed by atoms with van der Waals surface area (Å²) in [5.41, 5.74) is 7.32. The first-order valence-corrected chi connectivity index (χ1v) is 7.03. The first-order valence-electron chi connectivity index (χ1n) is 6.04. The number of thioether (sulfide) groups is 1. The molecule has 0 aliphatic heterocycles. The van der Waals surface area contributed by atoms with Crippen LogP contribution >= 0.6 is 11.8 Å². The van der Waals surface area contributed by atoms with Crippen LogP contribution in [0.1, 0.15) is 5.56 Å². The number of benzene rings is 2. The van der Waals surface area contributed by atoms with Crippen molar-refractivity contribution < 1.29 is 4.79 Å². The summed E-state index contributed by atoms with van der Waals surface area (Å²) in [6.45, 7) is 0.00447. The standard InChI is InChI=1S/C15H16N2OS/c16-10-15(18)17-13-6-8-14(9-7-13)19-11-12-4-2-1-3-5-12/h1-9H,10-11,16H2,(H,17,18). The Morgan fingerprint density at radius 1 is 1.05 bits per heavy atom. The molecule has 1 amide bonds. The largest absolute Gasteiger partial charge is 0.325 e. The van der Waals surface area contributed by atoms with Crippen LogP contribution in [-0.2, 0) is 10.5 Å². The highest BCUT2D eigenvalue weighted by Gasteiger charge is 2.00. The zero-order valence-corrected chi connectivity index (χ0v) is 11.3. The van der Waals surface area contributed by atoms with Gasteiger partial charge in [0.15, 0.2) is 0 Å². The summed E-state index contributed by atoms with van der Waals surface area (Å²) in [5.74, 6) is 0.764. The van der Waals surface area contributed by atoms with E-state index >= 15 is 0 Å². The number of nitrogens with two attached hydrogens (primary N) is 1. The number of rotatable bonds is 5. The van der Waals surface area contributed by atoms with Gasteiger partial charge in [-0.15, -0.1) is 11.8 Å². The normalized spacial score (nSPS) is 10.2. The van der Waals surface area contributed by atoms with Crippen LogP contribution in [0.2, 0.25) is 0 Å². The summed E-state index contributed by atoms with van der Waals surface area (Å²) >= 11 is 1.77. The highest BCUT2D eigenvalue weighted by Crippen LogP contribution is 2.24. The average Bonchev–Trinajstić information content (AvgIpc) is 2.47. The molecule has 0 bridgehead atoms. The van der Waals surface area contributed by atoms with Gasteiger partial charge in [-0.2, -0.15) is 0 Å². The van der Waals surface area contributed by atoms with Crippen molar-refractivity contribution in [1.82, 2.24) is 0 Å². The minimum atomic E-state index is -0.176. The second kappa shape index (κ2) is 6.97. The van der Waals surface area contributed by atoms with Crippen LogP contribution < -0.4 is 11.1 Å². The number of anilines is 1. The molecule has 0 radical (unpaired) electrons. The Labute approximate surface area is 117 Å². The smallest absolute Gasteiger partial charge is 0.238 e. The van der Waals surface area contributed by atoms with Crippen molar-refractivity contribution in [2.75, 3.05) is 11.9 Å². The van der Waals surface area contributed by atoms with Gasteiger partial charge < -0.3 is 11.1 Å². The van der Waals surface area contributed by atoms with Gasteiger partial charge in [-0.1, -0.05) is 30.3 Å². The quantitative estimate of drug-likeness (QED) is 0.823. The van der Waals surface area contributed by atoms with Gasteiger partial charge in [0.2, 0.25) is 5.91 Å². The monoisotopic (exact) mass is 272 g/mol. The first-order chi connectivity index (χ1) is 9.28. The second-order valence-electron chi connectivity index (χ2n) is 4.05. The number of hydrogen-bond acceptors (Lipinski definition) is 3. The second-order valence-corrected chi connectivity index (χ2v) is 5.10. The Kier molecular flexibility index (Phi) is 5.01. The molecule has 19 heavy (non-hydrogen) atoms. The van der Waals surface area contributed by atoms with Crippen molar-refractivity contribution in [2.45, 2.75) is 10.6 Å². The molecule has 4 heteroatoms. The highest BCUT2D eigenvalue weighted by molar-refractivity contribution is 7.98. The fourth-order valence-corrected chi connectivity index (χ4v) is 2.44. The molecule has 0 saturated heterocycles. The lowest BCUT2D eigenvalue weighted by Crippen LogP contribution is -2.21. The van der Waals surface area contributed by atoms with Crippen LogP contribution in [0.5, 0.6) is 0 Å². The molecule has 3 nitrogen and oxygen atoms in total. The lowest BCUT2D eigenvalue weighted by molar-refractivity contribution is -0.114. The van der Waals surface area contributed by atoms with E-state index in [9.17, 15) is 4.79 Å². The molecule has 0 aliphatic carbocycles. The van der Waals surface area contributed by atoms with Crippen molar-refractivity contribution in [3.05, 3.63) is 60.2 Å². The Hall–Kier alpha value is -1.78. The molecule has 0 saturated carbocycles. The molecular weight excluding hydrogens is 256 g/mol. The van der Waals surface area contributed by atoms with E-state index < -0.39 is 0 Å². The molecular formula is C15H16N2OS. The predicted molar refractivity (Wildman–Crippen MR) is 80.1 cm³/mol. The van der Waals surface area contributed by atoms with Crippen molar-refractivity contribution in [2.24, 2.45) is 5.73 Å². The fraction of sp³-hybridized carbons (Fsp3) is 0.133. The Bertz CT molecular complexity index is 526. The average molecular weight is 272 g/mol. The minimum absolute atomic E-state index is 0.00447. The lowest BCUT2D eigenvalue weighted by atomic mass is 10.2. The van der Waals surface area contributed by atoms with Gasteiger partial charge in [-0.25, -0.2) is 0 Å². The maximum Gasteiger partial charge on any atom is 0.238 e. The van der Waals surface area contributed by atoms with Crippen molar-refractivity contribution in [3.63, 3.8) is 0 Å². The van der Waals surface area contributed by atoms with Crippen LogP contribution in [0, 0.1) is 0 Å². The molecule has 0 fully saturated rings. The van der Waals surface area contributed by atoms with Gasteiger partial charge in [-0.05, 0) is 29.8 Å². The van der Waals surface area contributed by atoms with E-state index in [1.54, 1.807) is 11.8 Å². The highest BCUT2D eigenvalue weighted by atomic mass is 32.2. The number of hydrogen-bond donors (Lipinski definition) is 2. The van der Waals surface area contributed by atoms with E-state index in [4.69, 9.17) is 5.73 Å². The minimum Gasteiger partial charge on any atom is -0.325 e. The maximum absolute atomic E-state index is 11.1. The van der Waals surface area contributed by atoms with Crippen LogP contribution in [0.25, 0.3) is 0 Å². The molecule has 0 atom stereocenters. The number of nitrogens with one attached hydrogen (secondary N) is 1. The van der Waals surface area contributed by atoms with E-state index in [1.165, 1.54) is 10.5 Å². The van der Waals surface area contributed by atoms with E-state index in [2.05, 4.69) is 17.4 Å². The number of carbonyl (C=O) groups is 1. The van der Waals surface area contributed by atoms with Crippen LogP contribution in [0.4, 0.5) is 5.69 Å². The maximum atomic E-state index is 11.1. The lowest BCUT2D eigenvalue weighted by Gasteiger charge is -2.05. The molecule has 0 unspecified atom stereocenters. The summed E-state index contributed by atoms with van der Waals surface area (Å²) in [6.07, 6.45) is 0. The Balaban J connectivity index is 1.90. The van der Waals surface area contributed by atoms with Crippen molar-refractivity contribution >= 4 is 23.4 Å². The van der Waals surface area contributed by atoms with Gasteiger partial charge in [0.05, 0.1) is 6.54 Å². The molecule has 3 N–H and O–H groups in total. The van der Waals surface area contributed by atoms with Gasteiger partial charge >= 0.3 is 0 Å². The molecule has 0 aliphatic rings. The van der Waals surface area contributed by atoms with Crippen molar-refractivity contribution in [1.29, 1.82) is 0 Å². The first kappa shape index (κ1) is 13.6. The number of amides is 1. The van der Waals surface area contributed by atoms with Gasteiger partial charge in [0.1, 0.15) is 0 Å². The third-order valence-corrected chi connectivity index (χ3v) is 3.65. The SMILES string of the molecule is NCC(=O)Nc1ccc(SCc2ccccc2)cc1. The summed E-state index contributed by atoms with van der Waals surface area (Å²) in [6, 6.07) is 18.1. The van der Waals surface area contributed by atoms with Gasteiger partial charge in [0.25, 0.3) is 0 Å². The fourth-order valence-electron chi connectivity index (χ4n) is 1.59. The molecule has 0 heterocycles.